The molecule has 4 nitrogen and oxygen atoms in total. The number of aryl methyl sites for hydroxylation is 1. The lowest BCUT2D eigenvalue weighted by Crippen LogP contribution is -2.24. The van der Waals surface area contributed by atoms with E-state index >= 15 is 0 Å². The third kappa shape index (κ3) is 3.29. The van der Waals surface area contributed by atoms with Crippen molar-refractivity contribution in [1.29, 1.82) is 0 Å². The normalized spacial score (nSPS) is 10.5. The van der Waals surface area contributed by atoms with Gasteiger partial charge in [0, 0.05) is 12.1 Å². The maximum absolute atomic E-state index is 12.0. The van der Waals surface area contributed by atoms with Crippen LogP contribution < -0.4 is 5.32 Å². The molecule has 2 rings (SSSR count). The molecule has 0 saturated carbocycles. The second kappa shape index (κ2) is 5.94. The molecular weight excluding hydrogens is 353 g/mol. The molecule has 0 aliphatic carbocycles. The first-order valence-corrected chi connectivity index (χ1v) is 6.93. The molecule has 0 aliphatic heterocycles. The lowest BCUT2D eigenvalue weighted by molar-refractivity contribution is 0.0950. The summed E-state index contributed by atoms with van der Waals surface area (Å²) in [6.07, 6.45) is 1.68. The number of nitrogens with zero attached hydrogens (tertiary/aromatic N) is 2. The molecule has 1 aromatic heterocycles. The van der Waals surface area contributed by atoms with E-state index in [2.05, 4.69) is 26.3 Å². The molecular formula is C12H10BrCl2N3O. The van der Waals surface area contributed by atoms with Crippen LogP contribution in [0.3, 0.4) is 0 Å². The van der Waals surface area contributed by atoms with Gasteiger partial charge >= 0.3 is 0 Å². The van der Waals surface area contributed by atoms with Gasteiger partial charge in [-0.1, -0.05) is 23.2 Å². The Bertz CT molecular complexity index is 608. The third-order valence-electron chi connectivity index (χ3n) is 2.60. The summed E-state index contributed by atoms with van der Waals surface area (Å²) in [5.41, 5.74) is 1.27. The van der Waals surface area contributed by atoms with Gasteiger partial charge in [-0.15, -0.1) is 0 Å². The Morgan fingerprint density at radius 1 is 1.47 bits per heavy atom. The third-order valence-corrected chi connectivity index (χ3v) is 3.81. The Balaban J connectivity index is 2.10. The largest absolute Gasteiger partial charge is 0.346 e. The number of halogens is 3. The van der Waals surface area contributed by atoms with Gasteiger partial charge in [-0.2, -0.15) is 5.10 Å². The summed E-state index contributed by atoms with van der Waals surface area (Å²) < 4.78 is 2.53. The minimum atomic E-state index is -0.255. The molecule has 0 fully saturated rings. The van der Waals surface area contributed by atoms with Gasteiger partial charge in [0.25, 0.3) is 5.91 Å². The summed E-state index contributed by atoms with van der Waals surface area (Å²) >= 11 is 15.1. The van der Waals surface area contributed by atoms with Crippen LogP contribution in [0.1, 0.15) is 16.1 Å². The van der Waals surface area contributed by atoms with Crippen molar-refractivity contribution >= 4 is 45.0 Å². The molecule has 0 aliphatic rings. The van der Waals surface area contributed by atoms with Crippen LogP contribution in [0.25, 0.3) is 0 Å². The Labute approximate surface area is 128 Å². The van der Waals surface area contributed by atoms with Crippen molar-refractivity contribution in [3.05, 3.63) is 50.2 Å². The van der Waals surface area contributed by atoms with E-state index < -0.39 is 0 Å². The van der Waals surface area contributed by atoms with Crippen LogP contribution in [-0.2, 0) is 13.6 Å². The van der Waals surface area contributed by atoms with E-state index in [4.69, 9.17) is 23.2 Å². The Kier molecular flexibility index (Phi) is 4.50. The molecule has 1 N–H and O–H groups in total. The number of benzene rings is 1. The van der Waals surface area contributed by atoms with Crippen molar-refractivity contribution in [1.82, 2.24) is 15.1 Å². The first kappa shape index (κ1) is 14.4. The molecule has 0 bridgehead atoms. The fourth-order valence-corrected chi connectivity index (χ4v) is 2.55. The number of aromatic nitrogens is 2. The van der Waals surface area contributed by atoms with E-state index in [0.717, 1.165) is 10.2 Å². The minimum Gasteiger partial charge on any atom is -0.346 e. The molecule has 100 valence electrons. The highest BCUT2D eigenvalue weighted by atomic mass is 79.9. The minimum absolute atomic E-state index is 0.255. The standard InChI is InChI=1S/C12H10BrCl2N3O/c1-18-11(9(13)5-17-18)6-16-12(19)8-3-2-7(14)4-10(8)15/h2-5H,6H2,1H3,(H,16,19). The van der Waals surface area contributed by atoms with Crippen LogP contribution in [0.2, 0.25) is 10.0 Å². The van der Waals surface area contributed by atoms with E-state index in [0.29, 0.717) is 22.2 Å². The summed E-state index contributed by atoms with van der Waals surface area (Å²) in [7, 11) is 1.81. The number of nitrogens with one attached hydrogen (secondary N) is 1. The first-order chi connectivity index (χ1) is 8.99. The smallest absolute Gasteiger partial charge is 0.253 e. The molecule has 2 aromatic rings. The summed E-state index contributed by atoms with van der Waals surface area (Å²) in [6.45, 7) is 0.356. The number of hydrogen-bond donors (Lipinski definition) is 1. The van der Waals surface area contributed by atoms with Gasteiger partial charge < -0.3 is 5.32 Å². The van der Waals surface area contributed by atoms with Crippen LogP contribution in [0.5, 0.6) is 0 Å². The predicted octanol–water partition coefficient (Wildman–Crippen LogP) is 3.42. The monoisotopic (exact) mass is 361 g/mol. The molecule has 0 atom stereocenters. The molecule has 0 saturated heterocycles. The highest BCUT2D eigenvalue weighted by Gasteiger charge is 2.12. The Morgan fingerprint density at radius 2 is 2.21 bits per heavy atom. The van der Waals surface area contributed by atoms with Crippen LogP contribution in [0, 0.1) is 0 Å². The molecule has 1 amide bonds. The van der Waals surface area contributed by atoms with Gasteiger partial charge in [0.05, 0.1) is 33.5 Å². The van der Waals surface area contributed by atoms with Crippen molar-refractivity contribution in [2.24, 2.45) is 7.05 Å². The summed E-state index contributed by atoms with van der Waals surface area (Å²) in [5, 5.41) is 7.68. The van der Waals surface area contributed by atoms with Crippen molar-refractivity contribution in [2.75, 3.05) is 0 Å². The van der Waals surface area contributed by atoms with Crippen LogP contribution in [-0.4, -0.2) is 15.7 Å². The van der Waals surface area contributed by atoms with Gasteiger partial charge in [0.2, 0.25) is 0 Å². The number of hydrogen-bond acceptors (Lipinski definition) is 2. The molecule has 0 unspecified atom stereocenters. The van der Waals surface area contributed by atoms with Gasteiger partial charge in [-0.05, 0) is 34.1 Å². The van der Waals surface area contributed by atoms with Crippen LogP contribution >= 0.6 is 39.1 Å². The van der Waals surface area contributed by atoms with E-state index in [1.54, 1.807) is 23.0 Å². The SMILES string of the molecule is Cn1ncc(Br)c1CNC(=O)c1ccc(Cl)cc1Cl. The lowest BCUT2D eigenvalue weighted by atomic mass is 10.2. The van der Waals surface area contributed by atoms with E-state index in [9.17, 15) is 4.79 Å². The fraction of sp³-hybridized carbons (Fsp3) is 0.167. The van der Waals surface area contributed by atoms with Crippen molar-refractivity contribution in [3.8, 4) is 0 Å². The lowest BCUT2D eigenvalue weighted by Gasteiger charge is -2.08. The fourth-order valence-electron chi connectivity index (χ4n) is 1.57. The molecule has 0 radical (unpaired) electrons. The van der Waals surface area contributed by atoms with Gasteiger partial charge in [-0.25, -0.2) is 0 Å². The van der Waals surface area contributed by atoms with Crippen molar-refractivity contribution in [3.63, 3.8) is 0 Å². The van der Waals surface area contributed by atoms with Gasteiger partial charge in [-0.3, -0.25) is 9.48 Å². The zero-order valence-electron chi connectivity index (χ0n) is 9.95. The van der Waals surface area contributed by atoms with Gasteiger partial charge in [0.15, 0.2) is 0 Å². The van der Waals surface area contributed by atoms with E-state index in [1.807, 2.05) is 7.05 Å². The Hall–Kier alpha value is -1.04. The van der Waals surface area contributed by atoms with Gasteiger partial charge in [0.1, 0.15) is 0 Å². The van der Waals surface area contributed by atoms with E-state index in [1.165, 1.54) is 6.07 Å². The van der Waals surface area contributed by atoms with Crippen molar-refractivity contribution < 1.29 is 4.79 Å². The summed E-state index contributed by atoms with van der Waals surface area (Å²) in [4.78, 5) is 12.0. The Morgan fingerprint density at radius 3 is 2.79 bits per heavy atom. The van der Waals surface area contributed by atoms with Crippen LogP contribution in [0.15, 0.2) is 28.9 Å². The summed E-state index contributed by atoms with van der Waals surface area (Å²) in [5.74, 6) is -0.255. The number of amides is 1. The average molecular weight is 363 g/mol. The summed E-state index contributed by atoms with van der Waals surface area (Å²) in [6, 6.07) is 4.76. The zero-order chi connectivity index (χ0) is 14.0. The highest BCUT2D eigenvalue weighted by molar-refractivity contribution is 9.10. The molecule has 7 heteroatoms. The molecule has 0 spiro atoms. The molecule has 1 aromatic carbocycles. The second-order valence-corrected chi connectivity index (χ2v) is 5.57. The zero-order valence-corrected chi connectivity index (χ0v) is 13.1. The number of carbonyl (C=O) groups excluding carboxylic acids is 1. The quantitative estimate of drug-likeness (QED) is 0.909. The molecule has 1 heterocycles. The van der Waals surface area contributed by atoms with E-state index in [-0.39, 0.29) is 5.91 Å². The van der Waals surface area contributed by atoms with Crippen molar-refractivity contribution in [2.45, 2.75) is 6.54 Å². The first-order valence-electron chi connectivity index (χ1n) is 5.38. The van der Waals surface area contributed by atoms with Crippen LogP contribution in [0.4, 0.5) is 0 Å². The topological polar surface area (TPSA) is 46.9 Å². The predicted molar refractivity (Wildman–Crippen MR) is 78.5 cm³/mol. The molecule has 19 heavy (non-hydrogen) atoms. The maximum atomic E-state index is 12.0. The highest BCUT2D eigenvalue weighted by Crippen LogP contribution is 2.21. The number of rotatable bonds is 3. The second-order valence-electron chi connectivity index (χ2n) is 3.87. The number of carbonyl (C=O) groups is 1. The maximum Gasteiger partial charge on any atom is 0.253 e. The average Bonchev–Trinajstić information content (AvgIpc) is 2.66.